The van der Waals surface area contributed by atoms with Gasteiger partial charge in [0.25, 0.3) is 0 Å². The predicted octanol–water partition coefficient (Wildman–Crippen LogP) is 3.85. The van der Waals surface area contributed by atoms with Crippen molar-refractivity contribution in [2.24, 2.45) is 5.41 Å². The molecule has 1 heterocycles. The average molecular weight is 268 g/mol. The Labute approximate surface area is 101 Å². The Morgan fingerprint density at radius 2 is 1.73 bits per heavy atom. The van der Waals surface area contributed by atoms with Crippen LogP contribution >= 0.6 is 15.9 Å². The van der Waals surface area contributed by atoms with E-state index in [-0.39, 0.29) is 0 Å². The van der Waals surface area contributed by atoms with E-state index in [9.17, 15) is 0 Å². The van der Waals surface area contributed by atoms with Crippen molar-refractivity contribution in [3.8, 4) is 0 Å². The Morgan fingerprint density at radius 3 is 2.20 bits per heavy atom. The van der Waals surface area contributed by atoms with Crippen LogP contribution in [0.5, 0.6) is 0 Å². The first-order valence-corrected chi connectivity index (χ1v) is 6.27. The van der Waals surface area contributed by atoms with Gasteiger partial charge in [0.05, 0.1) is 0 Å². The standard InChI is InChI=1S/C13H18BrN/c1-10(15-8-13(2,3)9-15)11-4-6-12(14)7-5-11/h4-7,10H,8-9H2,1-3H3. The smallest absolute Gasteiger partial charge is 0.0320 e. The molecule has 1 unspecified atom stereocenters. The Hall–Kier alpha value is -0.340. The number of rotatable bonds is 2. The highest BCUT2D eigenvalue weighted by Crippen LogP contribution is 2.35. The highest BCUT2D eigenvalue weighted by Gasteiger charge is 2.36. The minimum atomic E-state index is 0.517. The normalized spacial score (nSPS) is 22.1. The lowest BCUT2D eigenvalue weighted by Gasteiger charge is -2.49. The molecule has 1 fully saturated rings. The molecule has 1 aliphatic rings. The van der Waals surface area contributed by atoms with Crippen molar-refractivity contribution in [2.45, 2.75) is 26.8 Å². The Kier molecular flexibility index (Phi) is 2.91. The van der Waals surface area contributed by atoms with Crippen molar-refractivity contribution in [3.05, 3.63) is 34.3 Å². The van der Waals surface area contributed by atoms with Crippen LogP contribution in [0.2, 0.25) is 0 Å². The van der Waals surface area contributed by atoms with Crippen molar-refractivity contribution < 1.29 is 0 Å². The first kappa shape index (κ1) is 11.2. The third kappa shape index (κ3) is 2.43. The quantitative estimate of drug-likeness (QED) is 0.787. The highest BCUT2D eigenvalue weighted by molar-refractivity contribution is 9.10. The fourth-order valence-electron chi connectivity index (χ4n) is 2.28. The largest absolute Gasteiger partial charge is 0.295 e. The Bertz CT molecular complexity index is 334. The Balaban J connectivity index is 2.03. The van der Waals surface area contributed by atoms with Crippen molar-refractivity contribution >= 4 is 15.9 Å². The van der Waals surface area contributed by atoms with Crippen LogP contribution in [0, 0.1) is 5.41 Å². The Morgan fingerprint density at radius 1 is 1.20 bits per heavy atom. The molecule has 0 aliphatic carbocycles. The van der Waals surface area contributed by atoms with E-state index in [1.54, 1.807) is 0 Å². The molecule has 1 saturated heterocycles. The summed E-state index contributed by atoms with van der Waals surface area (Å²) in [5, 5.41) is 0. The van der Waals surface area contributed by atoms with Gasteiger partial charge in [0.2, 0.25) is 0 Å². The van der Waals surface area contributed by atoms with Crippen LogP contribution in [0.1, 0.15) is 32.4 Å². The van der Waals surface area contributed by atoms with E-state index in [1.165, 1.54) is 18.7 Å². The molecule has 1 aromatic rings. The lowest BCUT2D eigenvalue weighted by molar-refractivity contribution is -0.000968. The molecule has 1 nitrogen and oxygen atoms in total. The molecule has 1 atom stereocenters. The second-order valence-electron chi connectivity index (χ2n) is 5.30. The van der Waals surface area contributed by atoms with Crippen LogP contribution < -0.4 is 0 Å². The summed E-state index contributed by atoms with van der Waals surface area (Å²) in [6.45, 7) is 9.38. The van der Waals surface area contributed by atoms with E-state index in [4.69, 9.17) is 0 Å². The predicted molar refractivity (Wildman–Crippen MR) is 67.9 cm³/mol. The van der Waals surface area contributed by atoms with Gasteiger partial charge >= 0.3 is 0 Å². The number of benzene rings is 1. The van der Waals surface area contributed by atoms with Crippen molar-refractivity contribution in [3.63, 3.8) is 0 Å². The molecular weight excluding hydrogens is 250 g/mol. The third-order valence-corrected chi connectivity index (χ3v) is 3.69. The summed E-state index contributed by atoms with van der Waals surface area (Å²) in [7, 11) is 0. The van der Waals surface area contributed by atoms with Gasteiger partial charge in [-0.3, -0.25) is 4.90 Å². The fraction of sp³-hybridized carbons (Fsp3) is 0.538. The fourth-order valence-corrected chi connectivity index (χ4v) is 2.54. The van der Waals surface area contributed by atoms with Gasteiger partial charge in [-0.1, -0.05) is 41.9 Å². The summed E-state index contributed by atoms with van der Waals surface area (Å²) in [5.41, 5.74) is 1.93. The molecule has 15 heavy (non-hydrogen) atoms. The summed E-state index contributed by atoms with van der Waals surface area (Å²) < 4.78 is 1.15. The second kappa shape index (κ2) is 3.91. The molecular formula is C13H18BrN. The highest BCUT2D eigenvalue weighted by atomic mass is 79.9. The molecule has 0 N–H and O–H groups in total. The molecule has 0 bridgehead atoms. The lowest BCUT2D eigenvalue weighted by atomic mass is 9.82. The molecule has 0 saturated carbocycles. The zero-order valence-electron chi connectivity index (χ0n) is 9.63. The number of hydrogen-bond acceptors (Lipinski definition) is 1. The van der Waals surface area contributed by atoms with Gasteiger partial charge in [0.15, 0.2) is 0 Å². The van der Waals surface area contributed by atoms with E-state index < -0.39 is 0 Å². The van der Waals surface area contributed by atoms with Gasteiger partial charge in [0.1, 0.15) is 0 Å². The summed E-state index contributed by atoms with van der Waals surface area (Å²) in [4.78, 5) is 2.53. The van der Waals surface area contributed by atoms with Gasteiger partial charge in [-0.15, -0.1) is 0 Å². The van der Waals surface area contributed by atoms with E-state index in [1.807, 2.05) is 0 Å². The van der Waals surface area contributed by atoms with Gasteiger partial charge < -0.3 is 0 Å². The number of likely N-dealkylation sites (tertiary alicyclic amines) is 1. The van der Waals surface area contributed by atoms with E-state index >= 15 is 0 Å². The first-order chi connectivity index (χ1) is 6.98. The summed E-state index contributed by atoms with van der Waals surface area (Å²) in [6, 6.07) is 9.21. The maximum atomic E-state index is 3.47. The van der Waals surface area contributed by atoms with Crippen LogP contribution in [0.15, 0.2) is 28.7 Å². The van der Waals surface area contributed by atoms with E-state index in [0.717, 1.165) is 4.47 Å². The third-order valence-electron chi connectivity index (χ3n) is 3.16. The van der Waals surface area contributed by atoms with Gasteiger partial charge in [-0.05, 0) is 30.0 Å². The molecule has 0 amide bonds. The monoisotopic (exact) mass is 267 g/mol. The minimum Gasteiger partial charge on any atom is -0.295 e. The maximum absolute atomic E-state index is 3.47. The van der Waals surface area contributed by atoms with Crippen LogP contribution in [-0.2, 0) is 0 Å². The lowest BCUT2D eigenvalue weighted by Crippen LogP contribution is -2.53. The molecule has 2 rings (SSSR count). The van der Waals surface area contributed by atoms with Crippen molar-refractivity contribution in [1.29, 1.82) is 0 Å². The number of halogens is 1. The van der Waals surface area contributed by atoms with Crippen LogP contribution in [0.25, 0.3) is 0 Å². The first-order valence-electron chi connectivity index (χ1n) is 5.47. The van der Waals surface area contributed by atoms with Crippen LogP contribution in [-0.4, -0.2) is 18.0 Å². The molecule has 0 radical (unpaired) electrons. The molecule has 1 aromatic carbocycles. The van der Waals surface area contributed by atoms with Crippen molar-refractivity contribution in [1.82, 2.24) is 4.90 Å². The molecule has 82 valence electrons. The number of hydrogen-bond donors (Lipinski definition) is 0. The summed E-state index contributed by atoms with van der Waals surface area (Å²) in [6.07, 6.45) is 0. The van der Waals surface area contributed by atoms with Crippen LogP contribution in [0.3, 0.4) is 0 Å². The SMILES string of the molecule is CC(c1ccc(Br)cc1)N1CC(C)(C)C1. The summed E-state index contributed by atoms with van der Waals surface area (Å²) >= 11 is 3.47. The van der Waals surface area contributed by atoms with E-state index in [0.29, 0.717) is 11.5 Å². The van der Waals surface area contributed by atoms with Gasteiger partial charge in [-0.25, -0.2) is 0 Å². The summed E-state index contributed by atoms with van der Waals surface area (Å²) in [5.74, 6) is 0. The van der Waals surface area contributed by atoms with Gasteiger partial charge in [0, 0.05) is 23.6 Å². The zero-order valence-corrected chi connectivity index (χ0v) is 11.2. The second-order valence-corrected chi connectivity index (χ2v) is 6.21. The zero-order chi connectivity index (χ0) is 11.1. The molecule has 2 heteroatoms. The minimum absolute atomic E-state index is 0.517. The van der Waals surface area contributed by atoms with Crippen LogP contribution in [0.4, 0.5) is 0 Å². The maximum Gasteiger partial charge on any atom is 0.0320 e. The molecule has 0 aromatic heterocycles. The molecule has 0 spiro atoms. The number of nitrogens with zero attached hydrogens (tertiary/aromatic N) is 1. The topological polar surface area (TPSA) is 3.24 Å². The van der Waals surface area contributed by atoms with Crippen molar-refractivity contribution in [2.75, 3.05) is 13.1 Å². The molecule has 1 aliphatic heterocycles. The van der Waals surface area contributed by atoms with E-state index in [2.05, 4.69) is 65.9 Å². The average Bonchev–Trinajstić information content (AvgIpc) is 2.14. The van der Waals surface area contributed by atoms with Gasteiger partial charge in [-0.2, -0.15) is 0 Å².